The van der Waals surface area contributed by atoms with Crippen LogP contribution in [0.25, 0.3) is 0 Å². The first-order chi connectivity index (χ1) is 8.28. The van der Waals surface area contributed by atoms with Gasteiger partial charge in [0, 0.05) is 23.2 Å². The van der Waals surface area contributed by atoms with Gasteiger partial charge in [0.05, 0.1) is 7.11 Å². The number of benzene rings is 1. The molecule has 92 valence electrons. The Balaban J connectivity index is 1.73. The van der Waals surface area contributed by atoms with Gasteiger partial charge in [-0.15, -0.1) is 11.8 Å². The molecular weight excluding hydrogens is 230 g/mol. The monoisotopic (exact) mass is 249 g/mol. The number of methoxy groups -OCH3 is 1. The summed E-state index contributed by atoms with van der Waals surface area (Å²) in [5, 5.41) is 3.48. The zero-order chi connectivity index (χ0) is 12.1. The molecule has 1 N–H and O–H groups in total. The molecule has 0 heterocycles. The van der Waals surface area contributed by atoms with Crippen LogP contribution in [0.3, 0.4) is 0 Å². The summed E-state index contributed by atoms with van der Waals surface area (Å²) < 4.78 is 5.20. The van der Waals surface area contributed by atoms with Crippen molar-refractivity contribution in [2.75, 3.05) is 19.4 Å². The minimum Gasteiger partial charge on any atom is -0.497 e. The van der Waals surface area contributed by atoms with Crippen LogP contribution in [0.5, 0.6) is 5.75 Å². The van der Waals surface area contributed by atoms with E-state index in [0.29, 0.717) is 0 Å². The predicted octanol–water partition coefficient (Wildman–Crippen LogP) is 3.10. The Morgan fingerprint density at radius 1 is 1.53 bits per heavy atom. The van der Waals surface area contributed by atoms with E-state index in [-0.39, 0.29) is 0 Å². The zero-order valence-electron chi connectivity index (χ0n) is 10.2. The summed E-state index contributed by atoms with van der Waals surface area (Å²) in [6.45, 7) is 5.04. The molecule has 1 aliphatic carbocycles. The fraction of sp³-hybridized carbons (Fsp3) is 0.429. The lowest BCUT2D eigenvalue weighted by atomic mass is 10.3. The Kier molecular flexibility index (Phi) is 4.51. The van der Waals surface area contributed by atoms with E-state index >= 15 is 0 Å². The van der Waals surface area contributed by atoms with E-state index < -0.39 is 0 Å². The third-order valence-corrected chi connectivity index (χ3v) is 3.84. The van der Waals surface area contributed by atoms with Crippen LogP contribution >= 0.6 is 11.8 Å². The Bertz CT molecular complexity index is 388. The molecule has 1 saturated carbocycles. The summed E-state index contributed by atoms with van der Waals surface area (Å²) in [5.41, 5.74) is 1.25. The van der Waals surface area contributed by atoms with Crippen LogP contribution in [0.15, 0.2) is 41.3 Å². The number of hydrogen-bond donors (Lipinski definition) is 1. The van der Waals surface area contributed by atoms with Crippen molar-refractivity contribution in [1.82, 2.24) is 5.32 Å². The van der Waals surface area contributed by atoms with Gasteiger partial charge in [0.2, 0.25) is 0 Å². The molecule has 1 aromatic rings. The fourth-order valence-electron chi connectivity index (χ4n) is 1.50. The maximum absolute atomic E-state index is 5.20. The Hall–Kier alpha value is -0.930. The van der Waals surface area contributed by atoms with E-state index in [9.17, 15) is 0 Å². The van der Waals surface area contributed by atoms with Crippen LogP contribution in [0.1, 0.15) is 12.8 Å². The first-order valence-corrected chi connectivity index (χ1v) is 6.93. The summed E-state index contributed by atoms with van der Waals surface area (Å²) in [6.07, 6.45) is 2.66. The molecule has 0 atom stereocenters. The van der Waals surface area contributed by atoms with Crippen LogP contribution in [0.2, 0.25) is 0 Å². The van der Waals surface area contributed by atoms with E-state index in [1.54, 1.807) is 7.11 Å². The Morgan fingerprint density at radius 3 is 3.06 bits per heavy atom. The lowest BCUT2D eigenvalue weighted by Gasteiger charge is -2.07. The molecule has 2 nitrogen and oxygen atoms in total. The number of rotatable bonds is 7. The SMILES string of the molecule is C=C(CNC1CC1)CSc1cccc(OC)c1. The van der Waals surface area contributed by atoms with Gasteiger partial charge >= 0.3 is 0 Å². The molecule has 3 heteroatoms. The van der Waals surface area contributed by atoms with Gasteiger partial charge in [-0.1, -0.05) is 18.2 Å². The summed E-state index contributed by atoms with van der Waals surface area (Å²) in [6, 6.07) is 8.91. The van der Waals surface area contributed by atoms with Crippen molar-refractivity contribution in [2.45, 2.75) is 23.8 Å². The van der Waals surface area contributed by atoms with Gasteiger partial charge in [-0.2, -0.15) is 0 Å². The molecule has 2 rings (SSSR count). The van der Waals surface area contributed by atoms with Crippen molar-refractivity contribution in [1.29, 1.82) is 0 Å². The van der Waals surface area contributed by atoms with E-state index in [2.05, 4.69) is 24.0 Å². The number of ether oxygens (including phenoxy) is 1. The van der Waals surface area contributed by atoms with Crippen LogP contribution in [0, 0.1) is 0 Å². The minimum absolute atomic E-state index is 0.758. The van der Waals surface area contributed by atoms with Crippen LogP contribution in [-0.2, 0) is 0 Å². The molecule has 0 radical (unpaired) electrons. The van der Waals surface area contributed by atoms with Crippen molar-refractivity contribution in [3.05, 3.63) is 36.4 Å². The molecule has 0 aromatic heterocycles. The Morgan fingerprint density at radius 2 is 2.35 bits per heavy atom. The third-order valence-electron chi connectivity index (χ3n) is 2.70. The molecule has 0 saturated heterocycles. The minimum atomic E-state index is 0.758. The topological polar surface area (TPSA) is 21.3 Å². The van der Waals surface area contributed by atoms with E-state index in [0.717, 1.165) is 24.1 Å². The van der Waals surface area contributed by atoms with Gasteiger partial charge in [-0.25, -0.2) is 0 Å². The second-order valence-electron chi connectivity index (χ2n) is 4.37. The average Bonchev–Trinajstić information content (AvgIpc) is 3.18. The van der Waals surface area contributed by atoms with Crippen molar-refractivity contribution in [2.24, 2.45) is 0 Å². The van der Waals surface area contributed by atoms with Crippen molar-refractivity contribution < 1.29 is 4.74 Å². The molecule has 0 unspecified atom stereocenters. The van der Waals surface area contributed by atoms with Gasteiger partial charge in [0.15, 0.2) is 0 Å². The second-order valence-corrected chi connectivity index (χ2v) is 5.42. The average molecular weight is 249 g/mol. The predicted molar refractivity (Wildman–Crippen MR) is 73.9 cm³/mol. The second kappa shape index (κ2) is 6.12. The first kappa shape index (κ1) is 12.5. The van der Waals surface area contributed by atoms with Gasteiger partial charge in [0.1, 0.15) is 5.75 Å². The molecule has 17 heavy (non-hydrogen) atoms. The highest BCUT2D eigenvalue weighted by atomic mass is 32.2. The highest BCUT2D eigenvalue weighted by molar-refractivity contribution is 7.99. The molecule has 1 aliphatic rings. The standard InChI is InChI=1S/C14H19NOS/c1-11(9-15-12-6-7-12)10-17-14-5-3-4-13(8-14)16-2/h3-5,8,12,15H,1,6-7,9-10H2,2H3. The number of thioether (sulfide) groups is 1. The normalized spacial score (nSPS) is 14.6. The smallest absolute Gasteiger partial charge is 0.119 e. The van der Waals surface area contributed by atoms with Crippen molar-refractivity contribution >= 4 is 11.8 Å². The molecule has 1 aromatic carbocycles. The number of hydrogen-bond acceptors (Lipinski definition) is 3. The molecule has 0 bridgehead atoms. The fourth-order valence-corrected chi connectivity index (χ4v) is 2.35. The maximum atomic E-state index is 5.20. The summed E-state index contributed by atoms with van der Waals surface area (Å²) in [7, 11) is 1.70. The molecular formula is C14H19NOS. The largest absolute Gasteiger partial charge is 0.497 e. The molecule has 0 spiro atoms. The lowest BCUT2D eigenvalue weighted by molar-refractivity contribution is 0.413. The molecule has 0 aliphatic heterocycles. The maximum Gasteiger partial charge on any atom is 0.119 e. The molecule has 1 fully saturated rings. The molecule has 0 amide bonds. The van der Waals surface area contributed by atoms with Gasteiger partial charge < -0.3 is 10.1 Å². The summed E-state index contributed by atoms with van der Waals surface area (Å²) >= 11 is 1.81. The highest BCUT2D eigenvalue weighted by Crippen LogP contribution is 2.24. The van der Waals surface area contributed by atoms with Crippen molar-refractivity contribution in [3.63, 3.8) is 0 Å². The van der Waals surface area contributed by atoms with Crippen molar-refractivity contribution in [3.8, 4) is 5.75 Å². The van der Waals surface area contributed by atoms with E-state index in [1.807, 2.05) is 23.9 Å². The van der Waals surface area contributed by atoms with E-state index in [1.165, 1.54) is 23.3 Å². The first-order valence-electron chi connectivity index (χ1n) is 5.95. The van der Waals surface area contributed by atoms with Crippen LogP contribution in [-0.4, -0.2) is 25.4 Å². The van der Waals surface area contributed by atoms with Gasteiger partial charge in [0.25, 0.3) is 0 Å². The third kappa shape index (κ3) is 4.44. The summed E-state index contributed by atoms with van der Waals surface area (Å²) in [5.74, 6) is 1.88. The van der Waals surface area contributed by atoms with Gasteiger partial charge in [-0.05, 0) is 31.0 Å². The van der Waals surface area contributed by atoms with Crippen LogP contribution < -0.4 is 10.1 Å². The zero-order valence-corrected chi connectivity index (χ0v) is 11.1. The summed E-state index contributed by atoms with van der Waals surface area (Å²) in [4.78, 5) is 1.23. The van der Waals surface area contributed by atoms with Crippen LogP contribution in [0.4, 0.5) is 0 Å². The highest BCUT2D eigenvalue weighted by Gasteiger charge is 2.19. The van der Waals surface area contributed by atoms with E-state index in [4.69, 9.17) is 4.74 Å². The number of nitrogens with one attached hydrogen (secondary N) is 1. The Labute approximate surface area is 107 Å². The lowest BCUT2D eigenvalue weighted by Crippen LogP contribution is -2.19. The van der Waals surface area contributed by atoms with Gasteiger partial charge in [-0.3, -0.25) is 0 Å². The quantitative estimate of drug-likeness (QED) is 0.592.